The summed E-state index contributed by atoms with van der Waals surface area (Å²) in [5.41, 5.74) is 1.78. The second kappa shape index (κ2) is 14.5. The van der Waals surface area contributed by atoms with Crippen LogP contribution in [0.2, 0.25) is 5.02 Å². The zero-order valence-corrected chi connectivity index (χ0v) is 32.2. The molecule has 16 heteroatoms. The Balaban J connectivity index is 0.000000199. The van der Waals surface area contributed by atoms with E-state index in [4.69, 9.17) is 22.1 Å². The van der Waals surface area contributed by atoms with Crippen molar-refractivity contribution in [1.29, 1.82) is 0 Å². The Morgan fingerprint density at radius 2 is 1.67 bits per heavy atom. The van der Waals surface area contributed by atoms with Crippen LogP contribution in [0, 0.1) is 18.8 Å². The molecule has 8 N–H and O–H groups in total. The highest BCUT2D eigenvalue weighted by molar-refractivity contribution is 6.30. The van der Waals surface area contributed by atoms with Crippen LogP contribution in [0.1, 0.15) is 46.1 Å². The lowest BCUT2D eigenvalue weighted by atomic mass is 9.54. The summed E-state index contributed by atoms with van der Waals surface area (Å²) >= 11 is 5.89. The van der Waals surface area contributed by atoms with Gasteiger partial charge in [-0.25, -0.2) is 0 Å². The number of ketones is 2. The Morgan fingerprint density at radius 1 is 1.02 bits per heavy atom. The number of phenolic OH excluding ortho intramolecular Hbond substituents is 1. The number of carboxylic acids is 1. The van der Waals surface area contributed by atoms with Crippen molar-refractivity contribution in [3.05, 3.63) is 111 Å². The number of aromatic nitrogens is 1. The van der Waals surface area contributed by atoms with E-state index in [1.165, 1.54) is 48.7 Å². The minimum absolute atomic E-state index is 0.170. The number of carboxylic acid groups (broad SMARTS) is 1. The third kappa shape index (κ3) is 6.32. The standard InChI is InChI=1S/C22H24N2O8.C19H16ClNO4/c1-21(31)8-5-4-6-11(25)12(8)16(26)13-9(21)7-10-15(24(2)3)17(27)14(20(23)30)19(29)22(10,32)18(13)28;1-11-15(10-18(22)23)16-9-14(25-2)7-8-17(16)21(11)19(24)12-3-5-13(20)6-4-12/h4-6,9-10,15,25-26,29,31-32H,7H2,1-3H3,(H2,23,30);3-9H,10H2,1-2H3,(H,22,23)/t9-,10-,15-,21+,22-;/m0./s1. The Morgan fingerprint density at radius 3 is 2.25 bits per heavy atom. The molecule has 57 heavy (non-hydrogen) atoms. The summed E-state index contributed by atoms with van der Waals surface area (Å²) in [4.78, 5) is 64.2. The molecule has 0 radical (unpaired) electrons. The number of primary amides is 1. The normalized spacial score (nSPS) is 24.1. The third-order valence-electron chi connectivity index (χ3n) is 11.2. The van der Waals surface area contributed by atoms with Gasteiger partial charge in [0, 0.05) is 39.1 Å². The number of hydrogen-bond donors (Lipinski definition) is 7. The molecular weight excluding hydrogens is 762 g/mol. The van der Waals surface area contributed by atoms with Gasteiger partial charge in [0.1, 0.15) is 28.6 Å². The van der Waals surface area contributed by atoms with Crippen molar-refractivity contribution in [3.63, 3.8) is 0 Å². The summed E-state index contributed by atoms with van der Waals surface area (Å²) in [5, 5.41) is 65.4. The zero-order chi connectivity index (χ0) is 42.0. The van der Waals surface area contributed by atoms with Crippen LogP contribution in [0.15, 0.2) is 77.6 Å². The number of ether oxygens (including phenoxy) is 1. The number of carbonyl (C=O) groups excluding carboxylic acids is 4. The minimum atomic E-state index is -2.75. The lowest BCUT2D eigenvalue weighted by Crippen LogP contribution is -2.67. The molecule has 3 aliphatic carbocycles. The number of aliphatic hydroxyl groups is 4. The van der Waals surface area contributed by atoms with Gasteiger partial charge in [-0.3, -0.25) is 33.4 Å². The summed E-state index contributed by atoms with van der Waals surface area (Å²) in [6.45, 7) is 3.15. The zero-order valence-electron chi connectivity index (χ0n) is 31.4. The van der Waals surface area contributed by atoms with Crippen molar-refractivity contribution in [2.45, 2.75) is 43.9 Å². The highest BCUT2D eigenvalue weighted by Crippen LogP contribution is 2.57. The number of fused-ring (bicyclic) bond motifs is 4. The van der Waals surface area contributed by atoms with E-state index < -0.39 is 80.9 Å². The molecular formula is C41H40ClN3O12. The predicted octanol–water partition coefficient (Wildman–Crippen LogP) is 3.56. The lowest BCUT2D eigenvalue weighted by Gasteiger charge is -2.53. The molecule has 5 atom stereocenters. The molecule has 298 valence electrons. The second-order valence-electron chi connectivity index (χ2n) is 14.6. The van der Waals surface area contributed by atoms with Crippen LogP contribution < -0.4 is 10.5 Å². The molecule has 3 aromatic carbocycles. The number of Topliss-reactive ketones (excluding diaryl/α,β-unsaturated/α-hetero) is 2. The van der Waals surface area contributed by atoms with Crippen molar-refractivity contribution < 1.29 is 59.3 Å². The van der Waals surface area contributed by atoms with Gasteiger partial charge in [-0.2, -0.15) is 0 Å². The molecule has 0 unspecified atom stereocenters. The van der Waals surface area contributed by atoms with E-state index in [2.05, 4.69) is 0 Å². The monoisotopic (exact) mass is 801 g/mol. The topological polar surface area (TPSA) is 250 Å². The number of amides is 1. The molecule has 0 aliphatic heterocycles. The molecule has 0 saturated heterocycles. The molecule has 1 heterocycles. The molecule has 3 aliphatic rings. The number of methoxy groups -OCH3 is 1. The number of aliphatic hydroxyl groups excluding tert-OH is 2. The number of nitrogens with two attached hydrogens (primary N) is 1. The third-order valence-corrected chi connectivity index (χ3v) is 11.4. The van der Waals surface area contributed by atoms with Crippen LogP contribution in [0.3, 0.4) is 0 Å². The second-order valence-corrected chi connectivity index (χ2v) is 15.1. The average molecular weight is 802 g/mol. The number of phenols is 1. The fraction of sp³-hybridized carbons (Fsp3) is 0.293. The number of halogens is 1. The van der Waals surface area contributed by atoms with Crippen molar-refractivity contribution in [2.24, 2.45) is 17.6 Å². The van der Waals surface area contributed by atoms with Crippen LogP contribution >= 0.6 is 11.6 Å². The highest BCUT2D eigenvalue weighted by Gasteiger charge is 2.66. The summed E-state index contributed by atoms with van der Waals surface area (Å²) in [7, 11) is 4.55. The highest BCUT2D eigenvalue weighted by atomic mass is 35.5. The van der Waals surface area contributed by atoms with E-state index in [1.807, 2.05) is 0 Å². The maximum atomic E-state index is 13.7. The first-order valence-electron chi connectivity index (χ1n) is 17.6. The van der Waals surface area contributed by atoms with Crippen molar-refractivity contribution >= 4 is 57.6 Å². The number of likely N-dealkylation sites (N-methyl/N-ethyl adjacent to an activating group) is 1. The van der Waals surface area contributed by atoms with Gasteiger partial charge in [-0.05, 0) is 94.0 Å². The van der Waals surface area contributed by atoms with Gasteiger partial charge >= 0.3 is 5.97 Å². The van der Waals surface area contributed by atoms with E-state index in [0.717, 1.165) is 0 Å². The molecule has 0 spiro atoms. The van der Waals surface area contributed by atoms with Crippen molar-refractivity contribution in [3.8, 4) is 11.5 Å². The minimum Gasteiger partial charge on any atom is -0.508 e. The largest absolute Gasteiger partial charge is 0.508 e. The number of aliphatic carboxylic acids is 1. The molecule has 1 aromatic heterocycles. The van der Waals surface area contributed by atoms with Gasteiger partial charge < -0.3 is 41.1 Å². The smallest absolute Gasteiger partial charge is 0.307 e. The molecule has 1 saturated carbocycles. The fourth-order valence-corrected chi connectivity index (χ4v) is 8.57. The molecule has 7 rings (SSSR count). The molecule has 15 nitrogen and oxygen atoms in total. The Bertz CT molecular complexity index is 2460. The van der Waals surface area contributed by atoms with Gasteiger partial charge in [0.2, 0.25) is 5.78 Å². The summed E-state index contributed by atoms with van der Waals surface area (Å²) in [6, 6.07) is 14.9. The first-order chi connectivity index (χ1) is 26.7. The van der Waals surface area contributed by atoms with Crippen LogP contribution in [0.4, 0.5) is 0 Å². The lowest BCUT2D eigenvalue weighted by molar-refractivity contribution is -0.159. The van der Waals surface area contributed by atoms with E-state index in [1.54, 1.807) is 56.5 Å². The van der Waals surface area contributed by atoms with Crippen LogP contribution in [0.5, 0.6) is 11.5 Å². The van der Waals surface area contributed by atoms with E-state index >= 15 is 0 Å². The SMILES string of the molecule is CN(C)[C@@H]1C(=O)C(C(N)=O)=C(O)[C@@]2(O)C(=O)C3=C(O)c4c(O)cccc4[C@@](C)(O)[C@H]3C[C@@H]12.COc1ccc2c(c1)c(CC(=O)O)c(C)n2C(=O)c1ccc(Cl)cc1. The predicted molar refractivity (Wildman–Crippen MR) is 206 cm³/mol. The van der Waals surface area contributed by atoms with Crippen molar-refractivity contribution in [1.82, 2.24) is 9.47 Å². The number of rotatable bonds is 6. The molecule has 1 fully saturated rings. The van der Waals surface area contributed by atoms with Gasteiger partial charge in [0.05, 0.1) is 36.3 Å². The number of aromatic hydroxyl groups is 1. The fourth-order valence-electron chi connectivity index (χ4n) is 8.45. The van der Waals surface area contributed by atoms with Gasteiger partial charge in [0.15, 0.2) is 11.4 Å². The first-order valence-corrected chi connectivity index (χ1v) is 18.0. The van der Waals surface area contributed by atoms with Gasteiger partial charge in [-0.15, -0.1) is 0 Å². The Kier molecular flexibility index (Phi) is 10.3. The quantitative estimate of drug-likeness (QED) is 0.138. The van der Waals surface area contributed by atoms with Crippen molar-refractivity contribution in [2.75, 3.05) is 21.2 Å². The van der Waals surface area contributed by atoms with E-state index in [0.29, 0.717) is 38.5 Å². The number of nitrogens with zero attached hydrogens (tertiary/aromatic N) is 2. The molecule has 4 aromatic rings. The summed E-state index contributed by atoms with van der Waals surface area (Å²) in [6.07, 6.45) is -0.370. The van der Waals surface area contributed by atoms with Gasteiger partial charge in [0.25, 0.3) is 11.8 Å². The number of benzene rings is 3. The number of carbonyl (C=O) groups is 5. The summed E-state index contributed by atoms with van der Waals surface area (Å²) in [5.74, 6) is -8.48. The van der Waals surface area contributed by atoms with Crippen LogP contribution in [0.25, 0.3) is 16.7 Å². The molecule has 1 amide bonds. The number of hydrogen-bond acceptors (Lipinski definition) is 12. The maximum Gasteiger partial charge on any atom is 0.307 e. The maximum absolute atomic E-state index is 13.7. The van der Waals surface area contributed by atoms with Crippen LogP contribution in [-0.4, -0.2) is 102 Å². The summed E-state index contributed by atoms with van der Waals surface area (Å²) < 4.78 is 6.77. The Labute approximate surface area is 330 Å². The van der Waals surface area contributed by atoms with Gasteiger partial charge in [-0.1, -0.05) is 23.7 Å². The molecule has 0 bridgehead atoms. The van der Waals surface area contributed by atoms with Crippen LogP contribution in [-0.2, 0) is 31.2 Å². The van der Waals surface area contributed by atoms with E-state index in [9.17, 15) is 54.6 Å². The average Bonchev–Trinajstić information content (AvgIpc) is 3.41. The first kappa shape index (κ1) is 40.7. The Hall–Kier alpha value is -6.00. The van der Waals surface area contributed by atoms with E-state index in [-0.39, 0.29) is 29.9 Å².